The molecule has 142 valence electrons. The van der Waals surface area contributed by atoms with Gasteiger partial charge in [0, 0.05) is 53.5 Å². The van der Waals surface area contributed by atoms with Crippen molar-refractivity contribution in [3.05, 3.63) is 0 Å². The van der Waals surface area contributed by atoms with Gasteiger partial charge < -0.3 is 19.7 Å². The summed E-state index contributed by atoms with van der Waals surface area (Å²) in [5, 5.41) is 3.52. The van der Waals surface area contributed by atoms with Gasteiger partial charge in [0.05, 0.1) is 13.2 Å². The van der Waals surface area contributed by atoms with Crippen molar-refractivity contribution in [2.24, 2.45) is 10.9 Å². The summed E-state index contributed by atoms with van der Waals surface area (Å²) in [4.78, 5) is 9.07. The highest BCUT2D eigenvalue weighted by atomic mass is 127. The minimum absolute atomic E-state index is 0. The number of nitrogens with one attached hydrogen (secondary N) is 1. The fraction of sp³-hybridized carbons (Fsp3) is 0.941. The molecule has 1 unspecified atom stereocenters. The molecule has 0 aromatic carbocycles. The molecule has 0 radical (unpaired) electrons. The molecule has 1 aliphatic carbocycles. The van der Waals surface area contributed by atoms with E-state index < -0.39 is 0 Å². The van der Waals surface area contributed by atoms with Crippen LogP contribution in [0.4, 0.5) is 0 Å². The molecule has 6 nitrogen and oxygen atoms in total. The zero-order chi connectivity index (χ0) is 16.5. The monoisotopic (exact) mass is 454 g/mol. The van der Waals surface area contributed by atoms with Gasteiger partial charge in [-0.2, -0.15) is 0 Å². The summed E-state index contributed by atoms with van der Waals surface area (Å²) in [6.07, 6.45) is 5.22. The summed E-state index contributed by atoms with van der Waals surface area (Å²) in [5.41, 5.74) is 0. The van der Waals surface area contributed by atoms with Gasteiger partial charge >= 0.3 is 0 Å². The molecule has 1 aliphatic heterocycles. The number of likely N-dealkylation sites (tertiary alicyclic amines) is 1. The van der Waals surface area contributed by atoms with Gasteiger partial charge in [-0.3, -0.25) is 9.89 Å². The van der Waals surface area contributed by atoms with Crippen LogP contribution in [0.1, 0.15) is 25.7 Å². The van der Waals surface area contributed by atoms with Crippen molar-refractivity contribution in [3.63, 3.8) is 0 Å². The highest BCUT2D eigenvalue weighted by Crippen LogP contribution is 2.28. The lowest BCUT2D eigenvalue weighted by Gasteiger charge is -2.27. The van der Waals surface area contributed by atoms with E-state index >= 15 is 0 Å². The van der Waals surface area contributed by atoms with Crippen molar-refractivity contribution in [2.45, 2.75) is 31.7 Å². The molecule has 0 aromatic heterocycles. The van der Waals surface area contributed by atoms with E-state index in [1.54, 1.807) is 7.11 Å². The first kappa shape index (κ1) is 21.9. The fourth-order valence-electron chi connectivity index (χ4n) is 3.06. The third-order valence-corrected chi connectivity index (χ3v) is 4.77. The van der Waals surface area contributed by atoms with Crippen LogP contribution in [0.25, 0.3) is 0 Å². The summed E-state index contributed by atoms with van der Waals surface area (Å²) in [7, 11) is 5.69. The first-order valence-corrected chi connectivity index (χ1v) is 8.97. The van der Waals surface area contributed by atoms with E-state index in [1.165, 1.54) is 32.2 Å². The van der Waals surface area contributed by atoms with E-state index in [0.717, 1.165) is 51.3 Å². The molecular weight excluding hydrogens is 419 g/mol. The minimum Gasteiger partial charge on any atom is -0.383 e. The number of methoxy groups -OCH3 is 1. The van der Waals surface area contributed by atoms with E-state index in [2.05, 4.69) is 27.2 Å². The lowest BCUT2D eigenvalue weighted by molar-refractivity contribution is 0.115. The Kier molecular flexibility index (Phi) is 11.2. The second-order valence-corrected chi connectivity index (χ2v) is 6.69. The first-order chi connectivity index (χ1) is 11.2. The Morgan fingerprint density at radius 1 is 1.29 bits per heavy atom. The van der Waals surface area contributed by atoms with Crippen molar-refractivity contribution < 1.29 is 9.47 Å². The third kappa shape index (κ3) is 7.84. The van der Waals surface area contributed by atoms with Gasteiger partial charge in [0.15, 0.2) is 5.96 Å². The summed E-state index contributed by atoms with van der Waals surface area (Å²) in [6.45, 7) is 6.54. The summed E-state index contributed by atoms with van der Waals surface area (Å²) in [6, 6.07) is 0.585. The van der Waals surface area contributed by atoms with Crippen LogP contribution >= 0.6 is 24.0 Å². The fourth-order valence-corrected chi connectivity index (χ4v) is 3.06. The normalized spacial score (nSPS) is 21.6. The molecule has 0 bridgehead atoms. The van der Waals surface area contributed by atoms with Gasteiger partial charge in [0.2, 0.25) is 0 Å². The number of ether oxygens (including phenoxy) is 2. The number of hydrogen-bond acceptors (Lipinski definition) is 4. The first-order valence-electron chi connectivity index (χ1n) is 8.97. The van der Waals surface area contributed by atoms with Crippen molar-refractivity contribution in [2.75, 3.05) is 67.2 Å². The highest BCUT2D eigenvalue weighted by molar-refractivity contribution is 14.0. The largest absolute Gasteiger partial charge is 0.383 e. The molecule has 2 rings (SSSR count). The maximum Gasteiger partial charge on any atom is 0.193 e. The molecule has 2 aliphatic rings. The lowest BCUT2D eigenvalue weighted by atomic mass is 10.2. The van der Waals surface area contributed by atoms with E-state index in [-0.39, 0.29) is 24.0 Å². The van der Waals surface area contributed by atoms with Crippen LogP contribution in [-0.2, 0) is 9.47 Å². The van der Waals surface area contributed by atoms with Crippen molar-refractivity contribution in [1.82, 2.24) is 15.1 Å². The summed E-state index contributed by atoms with van der Waals surface area (Å²) >= 11 is 0. The average molecular weight is 454 g/mol. The van der Waals surface area contributed by atoms with Gasteiger partial charge in [-0.1, -0.05) is 0 Å². The Balaban J connectivity index is 0.00000288. The lowest BCUT2D eigenvalue weighted by Crippen LogP contribution is -2.46. The van der Waals surface area contributed by atoms with Crippen LogP contribution in [0, 0.1) is 5.92 Å². The summed E-state index contributed by atoms with van der Waals surface area (Å²) < 4.78 is 10.9. The number of guanidine groups is 1. The van der Waals surface area contributed by atoms with Gasteiger partial charge in [0.25, 0.3) is 0 Å². The molecule has 1 saturated carbocycles. The zero-order valence-corrected chi connectivity index (χ0v) is 17.8. The number of aliphatic imine (C=N–C) groups is 1. The van der Waals surface area contributed by atoms with Crippen molar-refractivity contribution in [1.29, 1.82) is 0 Å². The average Bonchev–Trinajstić information content (AvgIpc) is 3.28. The van der Waals surface area contributed by atoms with Gasteiger partial charge in [-0.25, -0.2) is 0 Å². The van der Waals surface area contributed by atoms with Crippen LogP contribution in [0.2, 0.25) is 0 Å². The molecule has 1 atom stereocenters. The van der Waals surface area contributed by atoms with Gasteiger partial charge in [0.1, 0.15) is 0 Å². The third-order valence-electron chi connectivity index (χ3n) is 4.77. The standard InChI is InChI=1S/C17H34N4O2.HI/c1-18-17(20(2)9-12-23-14-15-6-7-15)19-13-16-5-4-8-21(16)10-11-22-3;/h15-16H,4-14H2,1-3H3,(H,18,19);1H. The number of halogens is 1. The maximum atomic E-state index is 5.72. The predicted octanol–water partition coefficient (Wildman–Crippen LogP) is 1.65. The molecule has 0 spiro atoms. The number of rotatable bonds is 10. The predicted molar refractivity (Wildman–Crippen MR) is 109 cm³/mol. The molecule has 0 aromatic rings. The van der Waals surface area contributed by atoms with Crippen molar-refractivity contribution >= 4 is 29.9 Å². The van der Waals surface area contributed by atoms with E-state index in [9.17, 15) is 0 Å². The molecule has 24 heavy (non-hydrogen) atoms. The maximum absolute atomic E-state index is 5.72. The number of likely N-dealkylation sites (N-methyl/N-ethyl adjacent to an activating group) is 1. The van der Waals surface area contributed by atoms with Crippen LogP contribution in [-0.4, -0.2) is 89.0 Å². The molecular formula is C17H35IN4O2. The highest BCUT2D eigenvalue weighted by Gasteiger charge is 2.24. The van der Waals surface area contributed by atoms with E-state index in [0.29, 0.717) is 6.04 Å². The number of hydrogen-bond donors (Lipinski definition) is 1. The molecule has 0 amide bonds. The smallest absolute Gasteiger partial charge is 0.193 e. The Bertz CT molecular complexity index is 366. The second-order valence-electron chi connectivity index (χ2n) is 6.69. The van der Waals surface area contributed by atoms with Crippen LogP contribution in [0.5, 0.6) is 0 Å². The molecule has 1 heterocycles. The van der Waals surface area contributed by atoms with E-state index in [4.69, 9.17) is 9.47 Å². The topological polar surface area (TPSA) is 49.3 Å². The Labute approximate surface area is 164 Å². The van der Waals surface area contributed by atoms with Crippen LogP contribution < -0.4 is 5.32 Å². The Morgan fingerprint density at radius 3 is 2.75 bits per heavy atom. The van der Waals surface area contributed by atoms with Crippen LogP contribution in [0.15, 0.2) is 4.99 Å². The van der Waals surface area contributed by atoms with Crippen molar-refractivity contribution in [3.8, 4) is 0 Å². The molecule has 1 saturated heterocycles. The SMILES string of the molecule is CN=C(NCC1CCCN1CCOC)N(C)CCOCC1CC1.I. The quantitative estimate of drug-likeness (QED) is 0.236. The Hall–Kier alpha value is -0.120. The van der Waals surface area contributed by atoms with Gasteiger partial charge in [-0.15, -0.1) is 24.0 Å². The molecule has 2 fully saturated rings. The van der Waals surface area contributed by atoms with Crippen LogP contribution in [0.3, 0.4) is 0 Å². The van der Waals surface area contributed by atoms with E-state index in [1.807, 2.05) is 7.05 Å². The summed E-state index contributed by atoms with van der Waals surface area (Å²) in [5.74, 6) is 1.79. The Morgan fingerprint density at radius 2 is 2.08 bits per heavy atom. The zero-order valence-electron chi connectivity index (χ0n) is 15.5. The second kappa shape index (κ2) is 12.3. The number of nitrogens with zero attached hydrogens (tertiary/aromatic N) is 3. The molecule has 7 heteroatoms. The molecule has 1 N–H and O–H groups in total. The van der Waals surface area contributed by atoms with Gasteiger partial charge in [-0.05, 0) is 38.1 Å². The minimum atomic E-state index is 0.